The summed E-state index contributed by atoms with van der Waals surface area (Å²) in [6.45, 7) is 4.80. The molecule has 1 unspecified atom stereocenters. The van der Waals surface area contributed by atoms with Gasteiger partial charge in [0, 0.05) is 24.5 Å². The first-order valence-electron chi connectivity index (χ1n) is 11.3. The van der Waals surface area contributed by atoms with Gasteiger partial charge in [-0.25, -0.2) is 19.6 Å². The normalized spacial score (nSPS) is 14.5. The Hall–Kier alpha value is -3.94. The monoisotopic (exact) mass is 460 g/mol. The second kappa shape index (κ2) is 9.91. The lowest BCUT2D eigenvalue weighted by atomic mass is 9.78. The van der Waals surface area contributed by atoms with Gasteiger partial charge in [-0.1, -0.05) is 60.7 Å². The number of rotatable bonds is 7. The van der Waals surface area contributed by atoms with Crippen LogP contribution in [0.4, 0.5) is 4.79 Å². The molecule has 2 N–H and O–H groups in total. The summed E-state index contributed by atoms with van der Waals surface area (Å²) in [5.41, 5.74) is 0.904. The first-order valence-corrected chi connectivity index (χ1v) is 11.3. The fourth-order valence-corrected chi connectivity index (χ4v) is 4.43. The Kier molecular flexibility index (Phi) is 6.77. The minimum Gasteiger partial charge on any atom is -0.478 e. The van der Waals surface area contributed by atoms with Crippen LogP contribution in [0.1, 0.15) is 35.4 Å². The van der Waals surface area contributed by atoms with Gasteiger partial charge in [-0.2, -0.15) is 0 Å². The zero-order valence-corrected chi connectivity index (χ0v) is 19.3. The van der Waals surface area contributed by atoms with Crippen LogP contribution in [0.5, 0.6) is 6.01 Å². The minimum atomic E-state index is -1.55. The van der Waals surface area contributed by atoms with E-state index in [4.69, 9.17) is 4.74 Å². The summed E-state index contributed by atoms with van der Waals surface area (Å²) in [5, 5.41) is 13.5. The van der Waals surface area contributed by atoms with Crippen molar-refractivity contribution in [1.29, 1.82) is 0 Å². The topological polar surface area (TPSA) is 105 Å². The van der Waals surface area contributed by atoms with Crippen molar-refractivity contribution in [2.45, 2.75) is 38.3 Å². The second-order valence-electron chi connectivity index (χ2n) is 8.43. The number of hydrogen-bond donors (Lipinski definition) is 2. The van der Waals surface area contributed by atoms with Crippen molar-refractivity contribution in [3.63, 3.8) is 0 Å². The van der Waals surface area contributed by atoms with Gasteiger partial charge in [-0.15, -0.1) is 0 Å². The number of aromatic nitrogens is 2. The third-order valence-corrected chi connectivity index (χ3v) is 5.96. The fraction of sp³-hybridized carbons (Fsp3) is 0.308. The summed E-state index contributed by atoms with van der Waals surface area (Å²) in [5.74, 6) is -1.25. The number of ether oxygens (including phenoxy) is 1. The lowest BCUT2D eigenvalue weighted by Crippen LogP contribution is -2.61. The average Bonchev–Trinajstić information content (AvgIpc) is 3.37. The Labute approximate surface area is 198 Å². The molecule has 176 valence electrons. The molecular weight excluding hydrogens is 432 g/mol. The van der Waals surface area contributed by atoms with E-state index >= 15 is 0 Å². The van der Waals surface area contributed by atoms with Gasteiger partial charge < -0.3 is 20.1 Å². The third-order valence-electron chi connectivity index (χ3n) is 5.96. The van der Waals surface area contributed by atoms with Crippen molar-refractivity contribution >= 4 is 12.0 Å². The molecule has 1 saturated heterocycles. The number of nitrogens with zero attached hydrogens (tertiary/aromatic N) is 3. The quantitative estimate of drug-likeness (QED) is 0.557. The van der Waals surface area contributed by atoms with Crippen LogP contribution in [-0.4, -0.2) is 51.2 Å². The molecule has 8 heteroatoms. The van der Waals surface area contributed by atoms with Crippen molar-refractivity contribution in [2.75, 3.05) is 13.1 Å². The SMILES string of the molecule is Cc1cc(C)nc(OC(C(=O)O)C(NC(=O)N2CCCC2)(c2ccccc2)c2ccccc2)n1. The van der Waals surface area contributed by atoms with Crippen LogP contribution in [0, 0.1) is 13.8 Å². The molecule has 0 aliphatic carbocycles. The second-order valence-corrected chi connectivity index (χ2v) is 8.43. The maximum absolute atomic E-state index is 13.4. The smallest absolute Gasteiger partial charge is 0.348 e. The van der Waals surface area contributed by atoms with E-state index in [1.54, 1.807) is 73.3 Å². The maximum atomic E-state index is 13.4. The summed E-state index contributed by atoms with van der Waals surface area (Å²) < 4.78 is 6.02. The number of carboxylic acids is 1. The van der Waals surface area contributed by atoms with Gasteiger partial charge in [0.05, 0.1) is 0 Å². The van der Waals surface area contributed by atoms with Gasteiger partial charge >= 0.3 is 18.0 Å². The van der Waals surface area contributed by atoms with Crippen LogP contribution < -0.4 is 10.1 Å². The summed E-state index contributed by atoms with van der Waals surface area (Å²) in [4.78, 5) is 36.5. The van der Waals surface area contributed by atoms with Gasteiger partial charge in [0.15, 0.2) is 0 Å². The Bertz CT molecular complexity index is 1090. The molecular formula is C26H28N4O4. The van der Waals surface area contributed by atoms with E-state index in [2.05, 4.69) is 15.3 Å². The van der Waals surface area contributed by atoms with Crippen LogP contribution in [0.3, 0.4) is 0 Å². The minimum absolute atomic E-state index is 0.0587. The number of urea groups is 1. The van der Waals surface area contributed by atoms with E-state index in [1.165, 1.54) is 0 Å². The zero-order valence-electron chi connectivity index (χ0n) is 19.3. The molecule has 1 fully saturated rings. The highest BCUT2D eigenvalue weighted by Crippen LogP contribution is 2.36. The summed E-state index contributed by atoms with van der Waals surface area (Å²) >= 11 is 0. The van der Waals surface area contributed by atoms with Crippen LogP contribution in [0.2, 0.25) is 0 Å². The van der Waals surface area contributed by atoms with E-state index in [9.17, 15) is 14.7 Å². The molecule has 0 radical (unpaired) electrons. The number of hydrogen-bond acceptors (Lipinski definition) is 5. The number of nitrogens with one attached hydrogen (secondary N) is 1. The lowest BCUT2D eigenvalue weighted by Gasteiger charge is -2.40. The van der Waals surface area contributed by atoms with Gasteiger partial charge in [-0.05, 0) is 43.9 Å². The molecule has 1 aromatic heterocycles. The highest BCUT2D eigenvalue weighted by Gasteiger charge is 2.50. The lowest BCUT2D eigenvalue weighted by molar-refractivity contribution is -0.148. The van der Waals surface area contributed by atoms with Crippen LogP contribution >= 0.6 is 0 Å². The van der Waals surface area contributed by atoms with E-state index < -0.39 is 17.6 Å². The van der Waals surface area contributed by atoms with Crippen LogP contribution in [-0.2, 0) is 10.3 Å². The number of aliphatic carboxylic acids is 1. The fourth-order valence-electron chi connectivity index (χ4n) is 4.43. The number of carboxylic acid groups (broad SMARTS) is 1. The predicted octanol–water partition coefficient (Wildman–Crippen LogP) is 3.67. The van der Waals surface area contributed by atoms with Gasteiger partial charge in [0.2, 0.25) is 6.10 Å². The molecule has 2 heterocycles. The van der Waals surface area contributed by atoms with E-state index in [0.29, 0.717) is 35.6 Å². The summed E-state index contributed by atoms with van der Waals surface area (Å²) in [6.07, 6.45) is 0.267. The first kappa shape index (κ1) is 23.2. The van der Waals surface area contributed by atoms with Crippen LogP contribution in [0.15, 0.2) is 66.7 Å². The molecule has 1 aliphatic rings. The molecule has 0 saturated carbocycles. The molecule has 0 bridgehead atoms. The average molecular weight is 461 g/mol. The number of amides is 2. The molecule has 1 atom stereocenters. The first-order chi connectivity index (χ1) is 16.4. The number of aryl methyl sites for hydroxylation is 2. The van der Waals surface area contributed by atoms with E-state index in [-0.39, 0.29) is 12.0 Å². The van der Waals surface area contributed by atoms with E-state index in [1.807, 2.05) is 12.1 Å². The zero-order chi connectivity index (χ0) is 24.1. The largest absolute Gasteiger partial charge is 0.478 e. The molecule has 8 nitrogen and oxygen atoms in total. The number of carbonyl (C=O) groups is 2. The Balaban J connectivity index is 1.91. The van der Waals surface area contributed by atoms with Gasteiger partial charge in [0.1, 0.15) is 5.54 Å². The Morgan fingerprint density at radius 3 is 1.91 bits per heavy atom. The Morgan fingerprint density at radius 2 is 1.44 bits per heavy atom. The molecule has 4 rings (SSSR count). The highest BCUT2D eigenvalue weighted by atomic mass is 16.5. The number of likely N-dealkylation sites (tertiary alicyclic amines) is 1. The molecule has 34 heavy (non-hydrogen) atoms. The third kappa shape index (κ3) is 4.71. The highest BCUT2D eigenvalue weighted by molar-refractivity contribution is 5.82. The summed E-state index contributed by atoms with van der Waals surface area (Å²) in [7, 11) is 0. The van der Waals surface area contributed by atoms with Crippen molar-refractivity contribution in [3.05, 3.63) is 89.2 Å². The molecule has 1 aliphatic heterocycles. The Morgan fingerprint density at radius 1 is 0.941 bits per heavy atom. The standard InChI is InChI=1S/C26H28N4O4/c1-18-17-19(2)28-24(27-18)34-22(23(31)32)26(20-11-5-3-6-12-20,21-13-7-4-8-14-21)29-25(33)30-15-9-10-16-30/h3-8,11-14,17,22H,9-10,15-16H2,1-2H3,(H,29,33)(H,31,32). The predicted molar refractivity (Wildman–Crippen MR) is 127 cm³/mol. The molecule has 2 aromatic carbocycles. The number of carbonyl (C=O) groups excluding carboxylic acids is 1. The van der Waals surface area contributed by atoms with Gasteiger partial charge in [-0.3, -0.25) is 0 Å². The van der Waals surface area contributed by atoms with Crippen molar-refractivity contribution in [3.8, 4) is 6.01 Å². The number of benzene rings is 2. The van der Waals surface area contributed by atoms with Crippen molar-refractivity contribution in [1.82, 2.24) is 20.2 Å². The van der Waals surface area contributed by atoms with E-state index in [0.717, 1.165) is 12.8 Å². The molecule has 3 aromatic rings. The maximum Gasteiger partial charge on any atom is 0.348 e. The van der Waals surface area contributed by atoms with Crippen LogP contribution in [0.25, 0.3) is 0 Å². The van der Waals surface area contributed by atoms with Gasteiger partial charge in [0.25, 0.3) is 0 Å². The molecule has 2 amide bonds. The van der Waals surface area contributed by atoms with Crippen molar-refractivity contribution in [2.24, 2.45) is 0 Å². The summed E-state index contributed by atoms with van der Waals surface area (Å²) in [6, 6.07) is 19.4. The molecule has 0 spiro atoms. The van der Waals surface area contributed by atoms with Crippen molar-refractivity contribution < 1.29 is 19.4 Å².